The first-order chi connectivity index (χ1) is 10.3. The Morgan fingerprint density at radius 1 is 1.36 bits per heavy atom. The summed E-state index contributed by atoms with van der Waals surface area (Å²) in [7, 11) is 0. The molecule has 0 saturated carbocycles. The van der Waals surface area contributed by atoms with Crippen molar-refractivity contribution in [3.8, 4) is 5.75 Å². The fourth-order valence-corrected chi connectivity index (χ4v) is 2.45. The first-order valence-electron chi connectivity index (χ1n) is 7.38. The summed E-state index contributed by atoms with van der Waals surface area (Å²) < 4.78 is 5.27. The van der Waals surface area contributed by atoms with Crippen molar-refractivity contribution in [2.75, 3.05) is 0 Å². The quantitative estimate of drug-likeness (QED) is 0.851. The highest BCUT2D eigenvalue weighted by molar-refractivity contribution is 5.89. The zero-order valence-corrected chi connectivity index (χ0v) is 13.3. The molecule has 0 bridgehead atoms. The molecule has 5 heteroatoms. The van der Waals surface area contributed by atoms with Crippen molar-refractivity contribution < 1.29 is 14.3 Å². The van der Waals surface area contributed by atoms with Crippen LogP contribution < -0.4 is 10.9 Å². The molecule has 0 spiro atoms. The molecule has 0 aliphatic carbocycles. The molecule has 0 unspecified atom stereocenters. The molecule has 5 nitrogen and oxygen atoms in total. The van der Waals surface area contributed by atoms with Crippen molar-refractivity contribution >= 4 is 16.9 Å². The number of phenols is 1. The summed E-state index contributed by atoms with van der Waals surface area (Å²) >= 11 is 0. The third-order valence-electron chi connectivity index (χ3n) is 3.86. The van der Waals surface area contributed by atoms with Crippen LogP contribution in [0.2, 0.25) is 0 Å². The van der Waals surface area contributed by atoms with Gasteiger partial charge in [0, 0.05) is 6.04 Å². The number of aryl methyl sites for hydroxylation is 2. The Labute approximate surface area is 129 Å². The first kappa shape index (κ1) is 16.1. The number of nitrogens with one attached hydrogen (secondary N) is 1. The standard InChI is InChI=1S/C17H21NO4/c1-5-10(3)18-15(20)8-12-11(4)16-13(19)6-9(2)7-14(16)22-17(12)21/h6-7,10,19H,5,8H2,1-4H3,(H,18,20)/t10-/m1/s1. The van der Waals surface area contributed by atoms with Gasteiger partial charge in [0.1, 0.15) is 11.3 Å². The van der Waals surface area contributed by atoms with Gasteiger partial charge in [-0.15, -0.1) is 0 Å². The number of aromatic hydroxyl groups is 1. The molecule has 0 aliphatic heterocycles. The molecule has 1 heterocycles. The molecular formula is C17H21NO4. The Morgan fingerprint density at radius 2 is 2.05 bits per heavy atom. The van der Waals surface area contributed by atoms with Gasteiger partial charge in [-0.1, -0.05) is 6.92 Å². The highest BCUT2D eigenvalue weighted by Gasteiger charge is 2.17. The van der Waals surface area contributed by atoms with Gasteiger partial charge in [-0.05, 0) is 50.5 Å². The van der Waals surface area contributed by atoms with Gasteiger partial charge in [-0.25, -0.2) is 4.79 Å². The van der Waals surface area contributed by atoms with E-state index in [1.165, 1.54) is 0 Å². The van der Waals surface area contributed by atoms with Crippen LogP contribution in [0.4, 0.5) is 0 Å². The van der Waals surface area contributed by atoms with E-state index in [1.807, 2.05) is 20.8 Å². The van der Waals surface area contributed by atoms with Crippen LogP contribution in [0.1, 0.15) is 37.0 Å². The van der Waals surface area contributed by atoms with Crippen LogP contribution in [-0.4, -0.2) is 17.1 Å². The molecule has 1 aromatic carbocycles. The molecule has 22 heavy (non-hydrogen) atoms. The lowest BCUT2D eigenvalue weighted by molar-refractivity contribution is -0.121. The minimum absolute atomic E-state index is 0.0522. The van der Waals surface area contributed by atoms with Crippen LogP contribution in [0, 0.1) is 13.8 Å². The summed E-state index contributed by atoms with van der Waals surface area (Å²) in [4.78, 5) is 24.1. The monoisotopic (exact) mass is 303 g/mol. The van der Waals surface area contributed by atoms with Crippen molar-refractivity contribution in [2.45, 2.75) is 46.6 Å². The summed E-state index contributed by atoms with van der Waals surface area (Å²) in [5, 5.41) is 13.4. The Kier molecular flexibility index (Phi) is 4.54. The second kappa shape index (κ2) is 6.22. The molecule has 0 aliphatic rings. The Morgan fingerprint density at radius 3 is 2.68 bits per heavy atom. The molecular weight excluding hydrogens is 282 g/mol. The van der Waals surface area contributed by atoms with Crippen molar-refractivity contribution in [3.05, 3.63) is 39.2 Å². The number of hydrogen-bond acceptors (Lipinski definition) is 4. The lowest BCUT2D eigenvalue weighted by Gasteiger charge is -2.13. The number of benzene rings is 1. The van der Waals surface area contributed by atoms with E-state index in [1.54, 1.807) is 19.1 Å². The van der Waals surface area contributed by atoms with E-state index in [0.717, 1.165) is 12.0 Å². The topological polar surface area (TPSA) is 79.5 Å². The van der Waals surface area contributed by atoms with Gasteiger partial charge in [0.2, 0.25) is 5.91 Å². The number of hydrogen-bond donors (Lipinski definition) is 2. The maximum atomic E-state index is 12.1. The lowest BCUT2D eigenvalue weighted by atomic mass is 10.0. The molecule has 1 atom stereocenters. The minimum atomic E-state index is -0.533. The summed E-state index contributed by atoms with van der Waals surface area (Å²) in [6.07, 6.45) is 0.763. The fourth-order valence-electron chi connectivity index (χ4n) is 2.45. The van der Waals surface area contributed by atoms with Gasteiger partial charge < -0.3 is 14.8 Å². The van der Waals surface area contributed by atoms with Crippen molar-refractivity contribution in [3.63, 3.8) is 0 Å². The lowest BCUT2D eigenvalue weighted by Crippen LogP contribution is -2.34. The van der Waals surface area contributed by atoms with Crippen molar-refractivity contribution in [1.29, 1.82) is 0 Å². The molecule has 2 N–H and O–H groups in total. The van der Waals surface area contributed by atoms with Gasteiger partial charge in [-0.2, -0.15) is 0 Å². The van der Waals surface area contributed by atoms with Gasteiger partial charge in [-0.3, -0.25) is 4.79 Å². The minimum Gasteiger partial charge on any atom is -0.507 e. The highest BCUT2D eigenvalue weighted by Crippen LogP contribution is 2.29. The van der Waals surface area contributed by atoms with Crippen LogP contribution in [0.25, 0.3) is 11.0 Å². The molecule has 118 valence electrons. The third kappa shape index (κ3) is 3.13. The predicted octanol–water partition coefficient (Wildman–Crippen LogP) is 2.57. The Bertz CT molecular complexity index is 776. The third-order valence-corrected chi connectivity index (χ3v) is 3.86. The van der Waals surface area contributed by atoms with Crippen LogP contribution in [0.5, 0.6) is 5.75 Å². The van der Waals surface area contributed by atoms with E-state index in [-0.39, 0.29) is 29.7 Å². The zero-order valence-electron chi connectivity index (χ0n) is 13.3. The van der Waals surface area contributed by atoms with Crippen LogP contribution in [0.3, 0.4) is 0 Å². The summed E-state index contributed by atoms with van der Waals surface area (Å²) in [6.45, 7) is 7.41. The van der Waals surface area contributed by atoms with Crippen LogP contribution in [0.15, 0.2) is 21.3 Å². The number of phenolic OH excluding ortho intramolecular Hbond substituents is 1. The molecule has 2 rings (SSSR count). The van der Waals surface area contributed by atoms with Gasteiger partial charge in [0.05, 0.1) is 17.4 Å². The van der Waals surface area contributed by atoms with Crippen molar-refractivity contribution in [1.82, 2.24) is 5.32 Å². The van der Waals surface area contributed by atoms with Gasteiger partial charge >= 0.3 is 5.63 Å². The molecule has 2 aromatic rings. The van der Waals surface area contributed by atoms with E-state index in [4.69, 9.17) is 4.42 Å². The van der Waals surface area contributed by atoms with Gasteiger partial charge in [0.25, 0.3) is 0 Å². The van der Waals surface area contributed by atoms with E-state index in [0.29, 0.717) is 16.5 Å². The number of amides is 1. The zero-order chi connectivity index (χ0) is 16.4. The summed E-state index contributed by atoms with van der Waals surface area (Å²) in [5.41, 5.74) is 1.48. The molecule has 0 saturated heterocycles. The molecule has 1 amide bonds. The second-order valence-corrected chi connectivity index (χ2v) is 5.70. The maximum absolute atomic E-state index is 12.1. The summed E-state index contributed by atoms with van der Waals surface area (Å²) in [6, 6.07) is 3.36. The normalized spacial score (nSPS) is 12.4. The molecule has 0 fully saturated rings. The molecule has 0 radical (unpaired) electrons. The average molecular weight is 303 g/mol. The van der Waals surface area contributed by atoms with E-state index < -0.39 is 5.63 Å². The van der Waals surface area contributed by atoms with E-state index in [2.05, 4.69) is 5.32 Å². The number of fused-ring (bicyclic) bond motifs is 1. The smallest absolute Gasteiger partial charge is 0.340 e. The average Bonchev–Trinajstić information content (AvgIpc) is 2.42. The largest absolute Gasteiger partial charge is 0.507 e. The summed E-state index contributed by atoms with van der Waals surface area (Å²) in [5.74, 6) is -0.171. The van der Waals surface area contributed by atoms with Crippen LogP contribution in [-0.2, 0) is 11.2 Å². The second-order valence-electron chi connectivity index (χ2n) is 5.70. The van der Waals surface area contributed by atoms with Gasteiger partial charge in [0.15, 0.2) is 0 Å². The number of carbonyl (C=O) groups excluding carboxylic acids is 1. The van der Waals surface area contributed by atoms with Crippen molar-refractivity contribution in [2.24, 2.45) is 0 Å². The van der Waals surface area contributed by atoms with E-state index in [9.17, 15) is 14.7 Å². The SMILES string of the molecule is CC[C@@H](C)NC(=O)Cc1c(C)c2c(O)cc(C)cc2oc1=O. The highest BCUT2D eigenvalue weighted by atomic mass is 16.4. The Balaban J connectivity index is 2.47. The Hall–Kier alpha value is -2.30. The molecule has 1 aromatic heterocycles. The predicted molar refractivity (Wildman–Crippen MR) is 85.2 cm³/mol. The van der Waals surface area contributed by atoms with E-state index >= 15 is 0 Å². The number of rotatable bonds is 4. The van der Waals surface area contributed by atoms with Crippen LogP contribution >= 0.6 is 0 Å². The fraction of sp³-hybridized carbons (Fsp3) is 0.412. The first-order valence-corrected chi connectivity index (χ1v) is 7.38. The number of carbonyl (C=O) groups is 1. The maximum Gasteiger partial charge on any atom is 0.340 e.